The molecule has 0 aliphatic carbocycles. The second-order valence-corrected chi connectivity index (χ2v) is 11.5. The van der Waals surface area contributed by atoms with Crippen LogP contribution in [0, 0.1) is 0 Å². The number of amides is 1. The molecule has 0 bridgehead atoms. The Bertz CT molecular complexity index is 1210. The lowest BCUT2D eigenvalue weighted by atomic mass is 10.1. The van der Waals surface area contributed by atoms with Gasteiger partial charge in [-0.15, -0.1) is 0 Å². The van der Waals surface area contributed by atoms with Crippen LogP contribution < -0.4 is 5.32 Å². The van der Waals surface area contributed by atoms with E-state index in [9.17, 15) is 13.2 Å². The number of hydrogen-bond acceptors (Lipinski definition) is 5. The van der Waals surface area contributed by atoms with Crippen LogP contribution in [0.3, 0.4) is 0 Å². The molecular formula is C26H29N3O3S2. The van der Waals surface area contributed by atoms with E-state index >= 15 is 0 Å². The van der Waals surface area contributed by atoms with Crippen LogP contribution in [0.4, 0.5) is 5.69 Å². The van der Waals surface area contributed by atoms with Gasteiger partial charge >= 0.3 is 0 Å². The standard InChI is InChI=1S/C26H29N3O3S2/c1-2-34(31,32)29-18-16-28(17-19-29)20-21-12-14-22(15-13-21)26(30)27-24-10-6-7-11-25(24)33-23-8-4-3-5-9-23/h3-15H,2,16-20H2,1H3,(H,27,30). The third-order valence-electron chi connectivity index (χ3n) is 5.82. The predicted octanol–water partition coefficient (Wildman–Crippen LogP) is 4.56. The number of para-hydroxylation sites is 1. The van der Waals surface area contributed by atoms with Crippen molar-refractivity contribution < 1.29 is 13.2 Å². The number of benzene rings is 3. The molecule has 178 valence electrons. The van der Waals surface area contributed by atoms with Crippen molar-refractivity contribution in [3.05, 3.63) is 90.0 Å². The Morgan fingerprint density at radius 1 is 0.882 bits per heavy atom. The lowest BCUT2D eigenvalue weighted by molar-refractivity contribution is 0.102. The first-order valence-electron chi connectivity index (χ1n) is 11.4. The second kappa shape index (κ2) is 11.2. The zero-order chi connectivity index (χ0) is 24.0. The lowest BCUT2D eigenvalue weighted by Crippen LogP contribution is -2.48. The number of rotatable bonds is 8. The highest BCUT2D eigenvalue weighted by Gasteiger charge is 2.25. The van der Waals surface area contributed by atoms with Gasteiger partial charge in [0.05, 0.1) is 11.4 Å². The van der Waals surface area contributed by atoms with Crippen LogP contribution in [0.1, 0.15) is 22.8 Å². The average molecular weight is 496 g/mol. The first-order valence-corrected chi connectivity index (χ1v) is 13.8. The maximum absolute atomic E-state index is 12.9. The summed E-state index contributed by atoms with van der Waals surface area (Å²) in [4.78, 5) is 17.2. The molecule has 3 aromatic carbocycles. The fourth-order valence-corrected chi connectivity index (χ4v) is 5.84. The van der Waals surface area contributed by atoms with Crippen LogP contribution in [-0.4, -0.2) is 55.5 Å². The van der Waals surface area contributed by atoms with Gasteiger partial charge in [0.15, 0.2) is 0 Å². The highest BCUT2D eigenvalue weighted by atomic mass is 32.2. The molecule has 0 spiro atoms. The quantitative estimate of drug-likeness (QED) is 0.496. The molecule has 0 saturated carbocycles. The Kier molecular flexibility index (Phi) is 8.05. The van der Waals surface area contributed by atoms with Crippen LogP contribution in [0.2, 0.25) is 0 Å². The number of anilines is 1. The molecule has 1 heterocycles. The number of sulfonamides is 1. The summed E-state index contributed by atoms with van der Waals surface area (Å²) in [7, 11) is -3.12. The largest absolute Gasteiger partial charge is 0.321 e. The molecule has 3 aromatic rings. The van der Waals surface area contributed by atoms with Crippen LogP contribution >= 0.6 is 11.8 Å². The van der Waals surface area contributed by atoms with Crippen molar-refractivity contribution in [2.75, 3.05) is 37.2 Å². The van der Waals surface area contributed by atoms with Gasteiger partial charge in [0.25, 0.3) is 5.91 Å². The topological polar surface area (TPSA) is 69.7 Å². The second-order valence-electron chi connectivity index (χ2n) is 8.14. The van der Waals surface area contributed by atoms with Crippen LogP contribution in [0.15, 0.2) is 88.7 Å². The molecule has 6 nitrogen and oxygen atoms in total. The normalized spacial score (nSPS) is 15.2. The third kappa shape index (κ3) is 6.27. The number of nitrogens with one attached hydrogen (secondary N) is 1. The third-order valence-corrected chi connectivity index (χ3v) is 8.78. The van der Waals surface area contributed by atoms with Crippen molar-refractivity contribution >= 4 is 33.4 Å². The summed E-state index contributed by atoms with van der Waals surface area (Å²) < 4.78 is 25.6. The highest BCUT2D eigenvalue weighted by molar-refractivity contribution is 7.99. The summed E-state index contributed by atoms with van der Waals surface area (Å²) in [5, 5.41) is 3.04. The molecule has 1 amide bonds. The molecule has 0 atom stereocenters. The molecule has 0 radical (unpaired) electrons. The van der Waals surface area contributed by atoms with Crippen molar-refractivity contribution in [1.82, 2.24) is 9.21 Å². The van der Waals surface area contributed by atoms with Gasteiger partial charge in [0.1, 0.15) is 0 Å². The number of nitrogens with zero attached hydrogens (tertiary/aromatic N) is 2. The van der Waals surface area contributed by atoms with Crippen molar-refractivity contribution in [2.45, 2.75) is 23.3 Å². The number of hydrogen-bond donors (Lipinski definition) is 1. The summed E-state index contributed by atoms with van der Waals surface area (Å²) >= 11 is 1.61. The molecule has 8 heteroatoms. The predicted molar refractivity (Wildman–Crippen MR) is 138 cm³/mol. The zero-order valence-corrected chi connectivity index (χ0v) is 20.8. The molecule has 1 fully saturated rings. The summed E-state index contributed by atoms with van der Waals surface area (Å²) in [6, 6.07) is 25.5. The van der Waals surface area contributed by atoms with E-state index in [1.165, 1.54) is 0 Å². The molecule has 1 saturated heterocycles. The fourth-order valence-electron chi connectivity index (χ4n) is 3.84. The minimum absolute atomic E-state index is 0.145. The van der Waals surface area contributed by atoms with E-state index in [4.69, 9.17) is 0 Å². The number of piperazine rings is 1. The van der Waals surface area contributed by atoms with E-state index in [-0.39, 0.29) is 11.7 Å². The molecule has 4 rings (SSSR count). The molecule has 1 N–H and O–H groups in total. The van der Waals surface area contributed by atoms with E-state index < -0.39 is 10.0 Å². The average Bonchev–Trinajstić information content (AvgIpc) is 2.86. The SMILES string of the molecule is CCS(=O)(=O)N1CCN(Cc2ccc(C(=O)Nc3ccccc3Sc3ccccc3)cc2)CC1. The molecular weight excluding hydrogens is 466 g/mol. The minimum Gasteiger partial charge on any atom is -0.321 e. The van der Waals surface area contributed by atoms with Gasteiger partial charge in [-0.2, -0.15) is 4.31 Å². The van der Waals surface area contributed by atoms with Crippen LogP contribution in [-0.2, 0) is 16.6 Å². The number of carbonyl (C=O) groups excluding carboxylic acids is 1. The lowest BCUT2D eigenvalue weighted by Gasteiger charge is -2.33. The summed E-state index contributed by atoms with van der Waals surface area (Å²) in [6.07, 6.45) is 0. The molecule has 1 aliphatic rings. The number of carbonyl (C=O) groups is 1. The molecule has 0 unspecified atom stereocenters. The summed E-state index contributed by atoms with van der Waals surface area (Å²) in [5.74, 6) is -0.00239. The van der Waals surface area contributed by atoms with Gasteiger partial charge in [-0.3, -0.25) is 9.69 Å². The molecule has 1 aliphatic heterocycles. The fraction of sp³-hybridized carbons (Fsp3) is 0.269. The van der Waals surface area contributed by atoms with E-state index in [1.807, 2.05) is 78.9 Å². The monoisotopic (exact) mass is 495 g/mol. The van der Waals surface area contributed by atoms with E-state index in [2.05, 4.69) is 10.2 Å². The first kappa shape index (κ1) is 24.5. The van der Waals surface area contributed by atoms with Crippen molar-refractivity contribution in [3.8, 4) is 0 Å². The zero-order valence-electron chi connectivity index (χ0n) is 19.2. The van der Waals surface area contributed by atoms with Crippen LogP contribution in [0.25, 0.3) is 0 Å². The van der Waals surface area contributed by atoms with Gasteiger partial charge in [-0.1, -0.05) is 54.2 Å². The molecule has 34 heavy (non-hydrogen) atoms. The van der Waals surface area contributed by atoms with E-state index in [1.54, 1.807) is 23.0 Å². The smallest absolute Gasteiger partial charge is 0.255 e. The summed E-state index contributed by atoms with van der Waals surface area (Å²) in [5.41, 5.74) is 2.48. The van der Waals surface area contributed by atoms with Gasteiger partial charge in [0.2, 0.25) is 10.0 Å². The Hall–Kier alpha value is -2.65. The Balaban J connectivity index is 1.35. The van der Waals surface area contributed by atoms with Crippen molar-refractivity contribution in [2.24, 2.45) is 0 Å². The maximum Gasteiger partial charge on any atom is 0.255 e. The Morgan fingerprint density at radius 2 is 1.53 bits per heavy atom. The highest BCUT2D eigenvalue weighted by Crippen LogP contribution is 2.33. The molecule has 0 aromatic heterocycles. The maximum atomic E-state index is 12.9. The Morgan fingerprint density at radius 3 is 2.21 bits per heavy atom. The minimum atomic E-state index is -3.12. The van der Waals surface area contributed by atoms with Gasteiger partial charge in [-0.05, 0) is 48.9 Å². The summed E-state index contributed by atoms with van der Waals surface area (Å²) in [6.45, 7) is 4.88. The van der Waals surface area contributed by atoms with E-state index in [0.29, 0.717) is 31.7 Å². The van der Waals surface area contributed by atoms with Gasteiger partial charge < -0.3 is 5.32 Å². The van der Waals surface area contributed by atoms with E-state index in [0.717, 1.165) is 27.6 Å². The van der Waals surface area contributed by atoms with Crippen molar-refractivity contribution in [3.63, 3.8) is 0 Å². The van der Waals surface area contributed by atoms with Gasteiger partial charge in [-0.25, -0.2) is 8.42 Å². The first-order chi connectivity index (χ1) is 16.4. The van der Waals surface area contributed by atoms with Crippen LogP contribution in [0.5, 0.6) is 0 Å². The van der Waals surface area contributed by atoms with Crippen molar-refractivity contribution in [1.29, 1.82) is 0 Å². The van der Waals surface area contributed by atoms with Gasteiger partial charge in [0, 0.05) is 48.1 Å². The Labute approximate surface area is 206 Å².